The lowest BCUT2D eigenvalue weighted by atomic mass is 10.1. The minimum absolute atomic E-state index is 0.0937. The zero-order chi connectivity index (χ0) is 47.3. The van der Waals surface area contributed by atoms with Crippen molar-refractivity contribution in [1.29, 1.82) is 0 Å². The van der Waals surface area contributed by atoms with Crippen LogP contribution in [0.25, 0.3) is 54.9 Å². The van der Waals surface area contributed by atoms with E-state index in [0.29, 0.717) is 34.0 Å². The number of anilines is 4. The monoisotopic (exact) mass is 963 g/mol. The van der Waals surface area contributed by atoms with Gasteiger partial charge in [0.25, 0.3) is 5.56 Å². The number of fused-ring (bicyclic) bond motifs is 4. The highest BCUT2D eigenvalue weighted by atomic mass is 35.5. The van der Waals surface area contributed by atoms with E-state index in [9.17, 15) is 4.79 Å². The van der Waals surface area contributed by atoms with Gasteiger partial charge in [0.1, 0.15) is 28.2 Å². The minimum atomic E-state index is -0.0937. The number of nitrogens with zero attached hydrogens (tertiary/aromatic N) is 9. The molecule has 0 atom stereocenters. The van der Waals surface area contributed by atoms with Crippen LogP contribution >= 0.6 is 35.1 Å². The molecule has 0 unspecified atom stereocenters. The number of halogens is 1. The number of aromatic nitrogens is 9. The number of benzene rings is 4. The van der Waals surface area contributed by atoms with E-state index >= 15 is 0 Å². The van der Waals surface area contributed by atoms with Crippen LogP contribution in [0.2, 0.25) is 5.15 Å². The normalized spacial score (nSPS) is 11.1. The van der Waals surface area contributed by atoms with Gasteiger partial charge in [-0.15, -0.1) is 20.4 Å². The second kappa shape index (κ2) is 20.0. The minimum Gasteiger partial charge on any atom is -0.495 e. The van der Waals surface area contributed by atoms with Gasteiger partial charge in [0.15, 0.2) is 16.8 Å². The van der Waals surface area contributed by atoms with Gasteiger partial charge in [0.05, 0.1) is 37.6 Å². The molecule has 7 heterocycles. The number of nitrogens with one attached hydrogen (secondary N) is 2. The van der Waals surface area contributed by atoms with Gasteiger partial charge in [0, 0.05) is 102 Å². The summed E-state index contributed by atoms with van der Waals surface area (Å²) in [4.78, 5) is 34.2. The summed E-state index contributed by atoms with van der Waals surface area (Å²) < 4.78 is 12.0. The fraction of sp³-hybridized carbons (Fsp3) is 0.0577. The molecule has 0 aliphatic heterocycles. The average molecular weight is 965 g/mol. The van der Waals surface area contributed by atoms with Crippen LogP contribution in [0.3, 0.4) is 0 Å². The zero-order valence-electron chi connectivity index (χ0n) is 37.0. The third-order valence-corrected chi connectivity index (χ3v) is 13.3. The number of rotatable bonds is 11. The van der Waals surface area contributed by atoms with Crippen molar-refractivity contribution in [2.24, 2.45) is 7.05 Å². The van der Waals surface area contributed by atoms with Crippen LogP contribution in [0, 0.1) is 0 Å². The highest BCUT2D eigenvalue weighted by molar-refractivity contribution is 7.99. The highest BCUT2D eigenvalue weighted by Crippen LogP contribution is 2.37. The van der Waals surface area contributed by atoms with E-state index in [1.165, 1.54) is 4.57 Å². The third-order valence-electron chi connectivity index (χ3n) is 10.9. The highest BCUT2D eigenvalue weighted by Gasteiger charge is 2.14. The predicted octanol–water partition coefficient (Wildman–Crippen LogP) is 12.0. The number of aryl methyl sites for hydroxylation is 1. The number of pyridine rings is 5. The Morgan fingerprint density at radius 3 is 1.57 bits per heavy atom. The Balaban J connectivity index is 0.000000164. The molecule has 0 fully saturated rings. The zero-order valence-corrected chi connectivity index (χ0v) is 39.4. The lowest BCUT2D eigenvalue weighted by Crippen LogP contribution is -2.14. The van der Waals surface area contributed by atoms with Crippen LogP contribution < -0.4 is 25.7 Å². The Morgan fingerprint density at radius 2 is 1.04 bits per heavy atom. The molecule has 0 spiro atoms. The van der Waals surface area contributed by atoms with Crippen molar-refractivity contribution in [3.8, 4) is 22.8 Å². The molecule has 0 saturated heterocycles. The lowest BCUT2D eigenvalue weighted by molar-refractivity contribution is 0.413. The van der Waals surface area contributed by atoms with Crippen molar-refractivity contribution >= 4 is 102 Å². The number of ether oxygens (including phenoxy) is 2. The summed E-state index contributed by atoms with van der Waals surface area (Å²) in [6.07, 6.45) is 8.71. The summed E-state index contributed by atoms with van der Waals surface area (Å²) in [5, 5.41) is 27.9. The Kier molecular flexibility index (Phi) is 12.9. The van der Waals surface area contributed by atoms with Gasteiger partial charge >= 0.3 is 0 Å². The average Bonchev–Trinajstić information content (AvgIpc) is 3.39. The van der Waals surface area contributed by atoms with E-state index in [4.69, 9.17) is 21.1 Å². The van der Waals surface area contributed by atoms with Crippen molar-refractivity contribution in [1.82, 2.24) is 44.9 Å². The predicted molar refractivity (Wildman–Crippen MR) is 275 cm³/mol. The number of methoxy groups -OCH3 is 2. The van der Waals surface area contributed by atoms with Gasteiger partial charge in [-0.25, -0.2) is 9.97 Å². The molecule has 0 saturated carbocycles. The van der Waals surface area contributed by atoms with Gasteiger partial charge in [-0.05, 0) is 66.7 Å². The Labute approximate surface area is 408 Å². The van der Waals surface area contributed by atoms with E-state index < -0.39 is 0 Å². The molecule has 11 rings (SSSR count). The molecular formula is C52H38ClN11O3S2. The molecule has 11 aromatic rings. The van der Waals surface area contributed by atoms with Crippen molar-refractivity contribution in [2.75, 3.05) is 24.9 Å². The Bertz CT molecular complexity index is 3730. The molecule has 0 bridgehead atoms. The van der Waals surface area contributed by atoms with Crippen molar-refractivity contribution in [2.45, 2.75) is 19.6 Å². The summed E-state index contributed by atoms with van der Waals surface area (Å²) in [5.74, 6) is 2.68. The first-order valence-corrected chi connectivity index (χ1v) is 23.3. The van der Waals surface area contributed by atoms with Crippen LogP contribution in [0.5, 0.6) is 11.5 Å². The van der Waals surface area contributed by atoms with Crippen LogP contribution in [0.15, 0.2) is 189 Å². The van der Waals surface area contributed by atoms with Crippen molar-refractivity contribution in [3.63, 3.8) is 0 Å². The summed E-state index contributed by atoms with van der Waals surface area (Å²) >= 11 is 9.42. The molecule has 338 valence electrons. The lowest BCUT2D eigenvalue weighted by Gasteiger charge is -2.12. The molecule has 4 aromatic carbocycles. The Hall–Kier alpha value is -8.18. The van der Waals surface area contributed by atoms with Gasteiger partial charge in [-0.1, -0.05) is 83.7 Å². The van der Waals surface area contributed by atoms with E-state index in [1.54, 1.807) is 81.8 Å². The first kappa shape index (κ1) is 44.6. The van der Waals surface area contributed by atoms with E-state index in [2.05, 4.69) is 51.0 Å². The number of hydrogen-bond donors (Lipinski definition) is 2. The van der Waals surface area contributed by atoms with Gasteiger partial charge in [-0.3, -0.25) is 14.8 Å². The molecule has 0 radical (unpaired) electrons. The summed E-state index contributed by atoms with van der Waals surface area (Å²) in [5.41, 5.74) is 6.38. The summed E-state index contributed by atoms with van der Waals surface area (Å²) in [6, 6.07) is 43.1. The molecule has 0 amide bonds. The molecule has 7 aromatic heterocycles. The second-order valence-corrected chi connectivity index (χ2v) is 17.9. The fourth-order valence-electron chi connectivity index (χ4n) is 7.37. The molecule has 2 N–H and O–H groups in total. The van der Waals surface area contributed by atoms with E-state index in [0.717, 1.165) is 80.1 Å². The summed E-state index contributed by atoms with van der Waals surface area (Å²) in [7, 11) is 4.96. The molecule has 0 aliphatic rings. The smallest absolute Gasteiger partial charge is 0.250 e. The SMILES string of the molecule is COc1cnc2c(Sc3ccc(Nc4nnc(-c5ccn(C)c(=O)c5)c5ccccc45)cc3)ccnc2c1.COc1cnc2c(Sc3ccc(Nc4nnc(Cl)c5ccccc45)cc3)ccnc2c1. The molecular weight excluding hydrogens is 926 g/mol. The maximum absolute atomic E-state index is 12.2. The Morgan fingerprint density at radius 1 is 0.551 bits per heavy atom. The fourth-order valence-corrected chi connectivity index (χ4v) is 9.39. The second-order valence-electron chi connectivity index (χ2n) is 15.3. The number of hydrogen-bond acceptors (Lipinski definition) is 15. The van der Waals surface area contributed by atoms with Crippen molar-refractivity contribution < 1.29 is 9.47 Å². The molecule has 14 nitrogen and oxygen atoms in total. The maximum atomic E-state index is 12.2. The van der Waals surface area contributed by atoms with E-state index in [-0.39, 0.29) is 5.56 Å². The van der Waals surface area contributed by atoms with Gasteiger partial charge in [0.2, 0.25) is 0 Å². The standard InChI is InChI=1S/C29H22N6O2S.C23H16ClN5OS/c1-35-14-12-18(15-26(35)36)27-22-5-3-4-6-23(22)29(34-33-27)32-19-7-9-21(10-8-19)38-25-11-13-30-24-16-20(37-2)17-31-28(24)25;1-30-15-12-19-21(26-13-15)20(10-11-25-19)31-16-8-6-14(7-9-16)27-23-18-5-3-2-4-17(18)22(24)28-29-23/h3-17H,1-2H3,(H,32,34);2-13H,1H3,(H,27,29). The first-order valence-electron chi connectivity index (χ1n) is 21.3. The topological polar surface area (TPSA) is 168 Å². The largest absolute Gasteiger partial charge is 0.495 e. The maximum Gasteiger partial charge on any atom is 0.250 e. The quantitative estimate of drug-likeness (QED) is 0.126. The third kappa shape index (κ3) is 9.80. The molecule has 0 aliphatic carbocycles. The van der Waals surface area contributed by atoms with Gasteiger partial charge < -0.3 is 24.7 Å². The van der Waals surface area contributed by atoms with Crippen LogP contribution in [0.4, 0.5) is 23.0 Å². The van der Waals surface area contributed by atoms with Crippen LogP contribution in [0.1, 0.15) is 0 Å². The molecule has 69 heavy (non-hydrogen) atoms. The van der Waals surface area contributed by atoms with Crippen LogP contribution in [-0.4, -0.2) is 59.1 Å². The first-order chi connectivity index (χ1) is 33.8. The molecule has 17 heteroatoms. The summed E-state index contributed by atoms with van der Waals surface area (Å²) in [6.45, 7) is 0. The van der Waals surface area contributed by atoms with Crippen LogP contribution in [-0.2, 0) is 7.05 Å². The van der Waals surface area contributed by atoms with Gasteiger partial charge in [-0.2, -0.15) is 0 Å². The van der Waals surface area contributed by atoms with Crippen molar-refractivity contribution in [3.05, 3.63) is 180 Å². The van der Waals surface area contributed by atoms with E-state index in [1.807, 2.05) is 127 Å².